The summed E-state index contributed by atoms with van der Waals surface area (Å²) in [4.78, 5) is 14.6. The summed E-state index contributed by atoms with van der Waals surface area (Å²) < 4.78 is 47.3. The van der Waals surface area contributed by atoms with Crippen molar-refractivity contribution in [2.75, 3.05) is 11.9 Å². The second-order valence-electron chi connectivity index (χ2n) is 7.84. The number of nitrogens with one attached hydrogen (secondary N) is 1. The van der Waals surface area contributed by atoms with Crippen LogP contribution < -0.4 is 5.32 Å². The number of alkyl halides is 3. The van der Waals surface area contributed by atoms with Crippen LogP contribution in [-0.4, -0.2) is 39.4 Å². The van der Waals surface area contributed by atoms with E-state index in [1.54, 1.807) is 17.0 Å². The molecule has 2 aromatic rings. The number of carbonyl (C=O) groups excluding carboxylic acids is 1. The van der Waals surface area contributed by atoms with Crippen molar-refractivity contribution in [3.63, 3.8) is 0 Å². The van der Waals surface area contributed by atoms with Gasteiger partial charge in [0.15, 0.2) is 11.7 Å². The van der Waals surface area contributed by atoms with Gasteiger partial charge in [-0.05, 0) is 37.8 Å². The fraction of sp³-hybridized carbons (Fsp3) is 0.579. The molecule has 9 heteroatoms. The molecule has 0 bridgehead atoms. The first-order valence-corrected chi connectivity index (χ1v) is 9.51. The van der Waals surface area contributed by atoms with Crippen molar-refractivity contribution in [3.05, 3.63) is 35.9 Å². The highest BCUT2D eigenvalue weighted by atomic mass is 19.4. The molecule has 2 aliphatic rings. The van der Waals surface area contributed by atoms with Crippen molar-refractivity contribution in [2.45, 2.75) is 57.4 Å². The van der Waals surface area contributed by atoms with E-state index in [-0.39, 0.29) is 29.9 Å². The van der Waals surface area contributed by atoms with E-state index in [1.807, 2.05) is 6.92 Å². The van der Waals surface area contributed by atoms with E-state index in [0.29, 0.717) is 18.2 Å². The number of hydrogen-bond acceptors (Lipinski definition) is 4. The minimum Gasteiger partial charge on any atom is -0.467 e. The van der Waals surface area contributed by atoms with E-state index < -0.39 is 18.3 Å². The summed E-state index contributed by atoms with van der Waals surface area (Å²) in [7, 11) is 0. The third-order valence-corrected chi connectivity index (χ3v) is 5.69. The lowest BCUT2D eigenvalue weighted by atomic mass is 9.93. The molecule has 2 aliphatic heterocycles. The van der Waals surface area contributed by atoms with Gasteiger partial charge in [0, 0.05) is 25.1 Å². The summed E-state index contributed by atoms with van der Waals surface area (Å²) in [6.45, 7) is 4.70. The molecule has 152 valence electrons. The number of carbonyl (C=O) groups is 1. The van der Waals surface area contributed by atoms with Gasteiger partial charge >= 0.3 is 6.18 Å². The van der Waals surface area contributed by atoms with Gasteiger partial charge < -0.3 is 14.6 Å². The first-order chi connectivity index (χ1) is 13.2. The van der Waals surface area contributed by atoms with E-state index in [0.717, 1.165) is 17.5 Å². The Hall–Kier alpha value is -2.45. The van der Waals surface area contributed by atoms with Crippen LogP contribution in [0.25, 0.3) is 0 Å². The number of nitrogens with zero attached hydrogens (tertiary/aromatic N) is 3. The number of hydrogen-bond donors (Lipinski definition) is 1. The normalized spacial score (nSPS) is 28.0. The monoisotopic (exact) mass is 396 g/mol. The highest BCUT2D eigenvalue weighted by Crippen LogP contribution is 2.43. The Kier molecular flexibility index (Phi) is 4.63. The molecule has 1 N–H and O–H groups in total. The molecule has 0 aliphatic carbocycles. The predicted molar refractivity (Wildman–Crippen MR) is 95.9 cm³/mol. The lowest BCUT2D eigenvalue weighted by Gasteiger charge is -2.36. The maximum atomic E-state index is 13.7. The second kappa shape index (κ2) is 6.86. The Morgan fingerprint density at radius 1 is 1.32 bits per heavy atom. The van der Waals surface area contributed by atoms with Gasteiger partial charge in [0.1, 0.15) is 11.6 Å². The van der Waals surface area contributed by atoms with E-state index in [9.17, 15) is 18.0 Å². The number of furan rings is 1. The smallest absolute Gasteiger partial charge is 0.410 e. The number of fused-ring (bicyclic) bond motifs is 1. The molecule has 4 heterocycles. The molecule has 28 heavy (non-hydrogen) atoms. The molecule has 1 amide bonds. The SMILES string of the molecule is C[C@@H]1CCN(C(=O)c2cc3n(n2)[C@H](C(F)(F)F)C[C@@H](c2ccco2)N3)[C@H](C)C1. The number of piperidine rings is 1. The summed E-state index contributed by atoms with van der Waals surface area (Å²) >= 11 is 0. The fourth-order valence-electron chi connectivity index (χ4n) is 4.21. The summed E-state index contributed by atoms with van der Waals surface area (Å²) in [5.41, 5.74) is 0.0400. The van der Waals surface area contributed by atoms with Gasteiger partial charge in [-0.1, -0.05) is 6.92 Å². The minimum absolute atomic E-state index is 0.0391. The first-order valence-electron chi connectivity index (χ1n) is 9.51. The van der Waals surface area contributed by atoms with Gasteiger partial charge in [0.05, 0.1) is 12.3 Å². The van der Waals surface area contributed by atoms with E-state index >= 15 is 0 Å². The van der Waals surface area contributed by atoms with Crippen LogP contribution >= 0.6 is 0 Å². The largest absolute Gasteiger partial charge is 0.467 e. The lowest BCUT2D eigenvalue weighted by Crippen LogP contribution is -2.44. The van der Waals surface area contributed by atoms with Crippen LogP contribution in [0.1, 0.15) is 61.4 Å². The standard InChI is InChI=1S/C19H23F3N4O2/c1-11-5-6-25(12(2)8-11)18(27)14-10-17-23-13(15-4-3-7-28-15)9-16(19(20,21)22)26(17)24-14/h3-4,7,10-13,16,23H,5-6,8-9H2,1-2H3/t11-,12-,13+,16+/m1/s1. The van der Waals surface area contributed by atoms with E-state index in [4.69, 9.17) is 4.42 Å². The predicted octanol–water partition coefficient (Wildman–Crippen LogP) is 4.40. The maximum Gasteiger partial charge on any atom is 0.410 e. The van der Waals surface area contributed by atoms with Gasteiger partial charge in [-0.2, -0.15) is 18.3 Å². The van der Waals surface area contributed by atoms with E-state index in [2.05, 4.69) is 17.3 Å². The van der Waals surface area contributed by atoms with Crippen LogP contribution in [0.2, 0.25) is 0 Å². The Balaban J connectivity index is 1.64. The summed E-state index contributed by atoms with van der Waals surface area (Å²) in [5, 5.41) is 7.09. The molecule has 1 saturated heterocycles. The zero-order valence-electron chi connectivity index (χ0n) is 15.7. The number of aromatic nitrogens is 2. The quantitative estimate of drug-likeness (QED) is 0.818. The van der Waals surface area contributed by atoms with Crippen LogP contribution in [0.15, 0.2) is 28.9 Å². The number of halogens is 3. The zero-order valence-corrected chi connectivity index (χ0v) is 15.7. The average Bonchev–Trinajstić information content (AvgIpc) is 3.29. The molecule has 4 rings (SSSR count). The fourth-order valence-corrected chi connectivity index (χ4v) is 4.21. The second-order valence-corrected chi connectivity index (χ2v) is 7.84. The summed E-state index contributed by atoms with van der Waals surface area (Å²) in [5.74, 6) is 0.808. The van der Waals surface area contributed by atoms with Crippen molar-refractivity contribution >= 4 is 11.7 Å². The molecular weight excluding hydrogens is 373 g/mol. The van der Waals surface area contributed by atoms with Gasteiger partial charge in [-0.3, -0.25) is 4.79 Å². The summed E-state index contributed by atoms with van der Waals surface area (Å²) in [6.07, 6.45) is -1.55. The van der Waals surface area contributed by atoms with Crippen LogP contribution in [0, 0.1) is 5.92 Å². The minimum atomic E-state index is -4.48. The Morgan fingerprint density at radius 2 is 2.11 bits per heavy atom. The molecule has 0 aromatic carbocycles. The van der Waals surface area contributed by atoms with Gasteiger partial charge in [0.25, 0.3) is 5.91 Å². The zero-order chi connectivity index (χ0) is 20.1. The molecule has 0 unspecified atom stereocenters. The topological polar surface area (TPSA) is 63.3 Å². The Bertz CT molecular complexity index is 846. The van der Waals surface area contributed by atoms with Gasteiger partial charge in [-0.25, -0.2) is 4.68 Å². The molecule has 1 fully saturated rings. The molecule has 2 aromatic heterocycles. The summed E-state index contributed by atoms with van der Waals surface area (Å²) in [6, 6.07) is 2.28. The number of likely N-dealkylation sites (tertiary alicyclic amines) is 1. The van der Waals surface area contributed by atoms with E-state index in [1.165, 1.54) is 12.3 Å². The highest BCUT2D eigenvalue weighted by molar-refractivity contribution is 5.93. The number of anilines is 1. The van der Waals surface area contributed by atoms with Crippen molar-refractivity contribution < 1.29 is 22.4 Å². The van der Waals surface area contributed by atoms with Crippen molar-refractivity contribution in [1.29, 1.82) is 0 Å². The molecule has 4 atom stereocenters. The highest BCUT2D eigenvalue weighted by Gasteiger charge is 2.47. The average molecular weight is 396 g/mol. The number of rotatable bonds is 2. The third-order valence-electron chi connectivity index (χ3n) is 5.69. The first kappa shape index (κ1) is 18.9. The van der Waals surface area contributed by atoms with Crippen molar-refractivity contribution in [1.82, 2.24) is 14.7 Å². The van der Waals surface area contributed by atoms with Crippen molar-refractivity contribution in [3.8, 4) is 0 Å². The molecule has 0 saturated carbocycles. The van der Waals surface area contributed by atoms with Crippen LogP contribution in [-0.2, 0) is 0 Å². The van der Waals surface area contributed by atoms with Gasteiger partial charge in [-0.15, -0.1) is 0 Å². The van der Waals surface area contributed by atoms with Crippen molar-refractivity contribution in [2.24, 2.45) is 5.92 Å². The molecule has 6 nitrogen and oxygen atoms in total. The number of amides is 1. The Morgan fingerprint density at radius 3 is 2.75 bits per heavy atom. The van der Waals surface area contributed by atoms with Crippen LogP contribution in [0.4, 0.5) is 19.0 Å². The van der Waals surface area contributed by atoms with Gasteiger partial charge in [0.2, 0.25) is 0 Å². The van der Waals surface area contributed by atoms with Crippen LogP contribution in [0.3, 0.4) is 0 Å². The molecule has 0 spiro atoms. The Labute approximate surface area is 160 Å². The maximum absolute atomic E-state index is 13.7. The molecular formula is C19H23F3N4O2. The molecule has 0 radical (unpaired) electrons. The third kappa shape index (κ3) is 3.38. The lowest BCUT2D eigenvalue weighted by molar-refractivity contribution is -0.174. The van der Waals surface area contributed by atoms with Crippen LogP contribution in [0.5, 0.6) is 0 Å².